The SMILES string of the molecule is COC(=O)C(CCCC(CCC(C)C)C(O[Si](C(C)C)(C(C)C)C(C)C)C(C)OCc1ccc(OC)cc1)NC(=O)OC(C)(C)C. The maximum absolute atomic E-state index is 12.7. The molecular formula is C37H67NO7Si. The minimum Gasteiger partial charge on any atom is -0.497 e. The Kier molecular flexibility index (Phi) is 17.9. The highest BCUT2D eigenvalue weighted by atomic mass is 28.4. The molecule has 1 N–H and O–H groups in total. The van der Waals surface area contributed by atoms with E-state index < -0.39 is 32.0 Å². The molecule has 0 heterocycles. The van der Waals surface area contributed by atoms with E-state index in [0.717, 1.165) is 30.6 Å². The molecule has 1 aromatic rings. The van der Waals surface area contributed by atoms with Crippen LogP contribution in [0.4, 0.5) is 4.79 Å². The topological polar surface area (TPSA) is 92.3 Å². The molecule has 4 unspecified atom stereocenters. The lowest BCUT2D eigenvalue weighted by Crippen LogP contribution is -2.54. The predicted octanol–water partition coefficient (Wildman–Crippen LogP) is 9.45. The molecular weight excluding hydrogens is 598 g/mol. The number of carbonyl (C=O) groups is 2. The third-order valence-electron chi connectivity index (χ3n) is 9.01. The van der Waals surface area contributed by atoms with Crippen molar-refractivity contribution in [2.45, 2.75) is 162 Å². The van der Waals surface area contributed by atoms with Gasteiger partial charge >= 0.3 is 12.1 Å². The Morgan fingerprint density at radius 1 is 0.804 bits per heavy atom. The highest BCUT2D eigenvalue weighted by Crippen LogP contribution is 2.45. The van der Waals surface area contributed by atoms with Crippen LogP contribution in [0.25, 0.3) is 0 Å². The zero-order chi connectivity index (χ0) is 35.2. The molecule has 0 spiro atoms. The summed E-state index contributed by atoms with van der Waals surface area (Å²) in [6.45, 7) is 26.4. The minimum absolute atomic E-state index is 0.119. The molecule has 0 aliphatic heterocycles. The van der Waals surface area contributed by atoms with E-state index >= 15 is 0 Å². The van der Waals surface area contributed by atoms with Crippen LogP contribution in [-0.4, -0.2) is 58.5 Å². The predicted molar refractivity (Wildman–Crippen MR) is 190 cm³/mol. The molecule has 46 heavy (non-hydrogen) atoms. The van der Waals surface area contributed by atoms with Crippen molar-refractivity contribution in [2.24, 2.45) is 11.8 Å². The summed E-state index contributed by atoms with van der Waals surface area (Å²) in [4.78, 5) is 25.2. The number of hydrogen-bond acceptors (Lipinski definition) is 7. The van der Waals surface area contributed by atoms with Crippen LogP contribution in [0.1, 0.15) is 121 Å². The molecule has 0 radical (unpaired) electrons. The molecule has 0 bridgehead atoms. The molecule has 0 aliphatic carbocycles. The maximum Gasteiger partial charge on any atom is 0.408 e. The summed E-state index contributed by atoms with van der Waals surface area (Å²) >= 11 is 0. The molecule has 0 aliphatic rings. The van der Waals surface area contributed by atoms with Crippen LogP contribution in [0.5, 0.6) is 5.75 Å². The van der Waals surface area contributed by atoms with Crippen molar-refractivity contribution in [2.75, 3.05) is 14.2 Å². The second-order valence-electron chi connectivity index (χ2n) is 15.1. The van der Waals surface area contributed by atoms with E-state index in [2.05, 4.69) is 67.6 Å². The zero-order valence-corrected chi connectivity index (χ0v) is 32.5. The Labute approximate surface area is 282 Å². The van der Waals surface area contributed by atoms with Crippen molar-refractivity contribution in [1.29, 1.82) is 0 Å². The van der Waals surface area contributed by atoms with Gasteiger partial charge in [0.25, 0.3) is 0 Å². The number of rotatable bonds is 20. The van der Waals surface area contributed by atoms with Gasteiger partial charge in [0, 0.05) is 0 Å². The van der Waals surface area contributed by atoms with Crippen molar-refractivity contribution in [3.63, 3.8) is 0 Å². The Balaban J connectivity index is 3.38. The molecule has 0 saturated carbocycles. The average molecular weight is 666 g/mol. The largest absolute Gasteiger partial charge is 0.497 e. The van der Waals surface area contributed by atoms with Gasteiger partial charge in [0.1, 0.15) is 17.4 Å². The number of carbonyl (C=O) groups excluding carboxylic acids is 2. The normalized spacial score (nSPS) is 15.2. The van der Waals surface area contributed by atoms with Crippen LogP contribution >= 0.6 is 0 Å². The monoisotopic (exact) mass is 665 g/mol. The number of alkyl carbamates (subject to hydrolysis) is 1. The number of ether oxygens (including phenoxy) is 4. The molecule has 9 heteroatoms. The summed E-state index contributed by atoms with van der Waals surface area (Å²) in [5.74, 6) is 1.09. The van der Waals surface area contributed by atoms with Gasteiger partial charge in [0.15, 0.2) is 0 Å². The number of amides is 1. The fourth-order valence-electron chi connectivity index (χ4n) is 6.71. The van der Waals surface area contributed by atoms with Crippen LogP contribution < -0.4 is 10.1 Å². The summed E-state index contributed by atoms with van der Waals surface area (Å²) in [7, 11) is 0.747. The number of esters is 1. The van der Waals surface area contributed by atoms with E-state index in [4.69, 9.17) is 23.4 Å². The lowest BCUT2D eigenvalue weighted by Gasteiger charge is -2.47. The summed E-state index contributed by atoms with van der Waals surface area (Å²) < 4.78 is 30.0. The second-order valence-corrected chi connectivity index (χ2v) is 20.6. The maximum atomic E-state index is 12.7. The van der Waals surface area contributed by atoms with E-state index in [9.17, 15) is 9.59 Å². The van der Waals surface area contributed by atoms with Crippen molar-refractivity contribution < 1.29 is 33.0 Å². The van der Waals surface area contributed by atoms with Crippen molar-refractivity contribution >= 4 is 20.4 Å². The number of methoxy groups -OCH3 is 2. The number of nitrogens with one attached hydrogen (secondary N) is 1. The van der Waals surface area contributed by atoms with E-state index in [1.54, 1.807) is 27.9 Å². The van der Waals surface area contributed by atoms with E-state index in [0.29, 0.717) is 42.0 Å². The molecule has 8 nitrogen and oxygen atoms in total. The summed E-state index contributed by atoms with van der Waals surface area (Å²) in [6.07, 6.45) is 3.14. The highest BCUT2D eigenvalue weighted by molar-refractivity contribution is 6.77. The number of hydrogen-bond donors (Lipinski definition) is 1. The number of benzene rings is 1. The molecule has 0 aromatic heterocycles. The van der Waals surface area contributed by atoms with Gasteiger partial charge < -0.3 is 28.7 Å². The van der Waals surface area contributed by atoms with Crippen LogP contribution in [0, 0.1) is 11.8 Å². The standard InChI is InChI=1S/C37H67NO7Si/c1-25(2)18-21-31(16-15-17-33(35(39)42-14)38-36(40)44-37(10,11)12)34(45-46(26(3)4,27(5)6)28(7)8)29(9)43-24-30-19-22-32(41-13)23-20-30/h19-20,22-23,25-29,31,33-34H,15-18,21,24H2,1-14H3,(H,38,40). The van der Waals surface area contributed by atoms with Crippen molar-refractivity contribution in [3.05, 3.63) is 29.8 Å². The molecule has 1 aromatic carbocycles. The van der Waals surface area contributed by atoms with Gasteiger partial charge in [-0.2, -0.15) is 0 Å². The summed E-state index contributed by atoms with van der Waals surface area (Å²) in [6, 6.07) is 7.21. The fraction of sp³-hybridized carbons (Fsp3) is 0.784. The molecule has 1 rings (SSSR count). The van der Waals surface area contributed by atoms with Crippen LogP contribution in [0.15, 0.2) is 24.3 Å². The third kappa shape index (κ3) is 13.6. The Hall–Kier alpha value is -2.10. The first-order valence-corrected chi connectivity index (χ1v) is 19.5. The zero-order valence-electron chi connectivity index (χ0n) is 31.5. The van der Waals surface area contributed by atoms with Crippen molar-refractivity contribution in [3.8, 4) is 5.75 Å². The quantitative estimate of drug-likeness (QED) is 0.110. The average Bonchev–Trinajstić information content (AvgIpc) is 2.96. The summed E-state index contributed by atoms with van der Waals surface area (Å²) in [5.41, 5.74) is 1.70. The lowest BCUT2D eigenvalue weighted by atomic mass is 9.86. The van der Waals surface area contributed by atoms with Gasteiger partial charge in [-0.25, -0.2) is 9.59 Å². The van der Waals surface area contributed by atoms with Gasteiger partial charge in [-0.1, -0.05) is 80.4 Å². The first kappa shape index (κ1) is 41.9. The lowest BCUT2D eigenvalue weighted by molar-refractivity contribution is -0.143. The van der Waals surface area contributed by atoms with Gasteiger partial charge in [-0.15, -0.1) is 0 Å². The van der Waals surface area contributed by atoms with E-state index in [1.807, 2.05) is 24.3 Å². The Morgan fingerprint density at radius 3 is 1.83 bits per heavy atom. The molecule has 1 amide bonds. The van der Waals surface area contributed by atoms with Crippen molar-refractivity contribution in [1.82, 2.24) is 5.32 Å². The van der Waals surface area contributed by atoms with E-state index in [1.165, 1.54) is 7.11 Å². The molecule has 0 fully saturated rings. The smallest absolute Gasteiger partial charge is 0.408 e. The van der Waals surface area contributed by atoms with Crippen LogP contribution in [-0.2, 0) is 30.0 Å². The minimum atomic E-state index is -2.27. The second kappa shape index (κ2) is 19.7. The Bertz CT molecular complexity index is 998. The van der Waals surface area contributed by atoms with Gasteiger partial charge in [-0.3, -0.25) is 0 Å². The Morgan fingerprint density at radius 2 is 1.37 bits per heavy atom. The third-order valence-corrected chi connectivity index (χ3v) is 15.1. The van der Waals surface area contributed by atoms with Gasteiger partial charge in [0.05, 0.1) is 33.0 Å². The molecule has 4 atom stereocenters. The van der Waals surface area contributed by atoms with Gasteiger partial charge in [-0.05, 0) is 93.1 Å². The van der Waals surface area contributed by atoms with Gasteiger partial charge in [0.2, 0.25) is 8.32 Å². The first-order valence-electron chi connectivity index (χ1n) is 17.4. The molecule has 266 valence electrons. The molecule has 0 saturated heterocycles. The van der Waals surface area contributed by atoms with Crippen LogP contribution in [0.2, 0.25) is 16.6 Å². The van der Waals surface area contributed by atoms with E-state index in [-0.39, 0.29) is 18.1 Å². The highest BCUT2D eigenvalue weighted by Gasteiger charge is 2.48. The first-order chi connectivity index (χ1) is 21.4. The van der Waals surface area contributed by atoms with Crippen LogP contribution in [0.3, 0.4) is 0 Å². The summed E-state index contributed by atoms with van der Waals surface area (Å²) in [5, 5.41) is 2.74. The fourth-order valence-corrected chi connectivity index (χ4v) is 12.4.